The molecule has 2 atom stereocenters. The van der Waals surface area contributed by atoms with E-state index in [1.807, 2.05) is 48.5 Å². The second-order valence-corrected chi connectivity index (χ2v) is 13.7. The Balaban J connectivity index is 1.61. The van der Waals surface area contributed by atoms with E-state index in [2.05, 4.69) is 41.5 Å². The molecule has 0 spiro atoms. The lowest BCUT2D eigenvalue weighted by atomic mass is 9.85. The summed E-state index contributed by atoms with van der Waals surface area (Å²) >= 11 is 0. The van der Waals surface area contributed by atoms with E-state index in [4.69, 9.17) is 19.5 Å². The second kappa shape index (κ2) is 11.8. The molecule has 222 valence electrons. The summed E-state index contributed by atoms with van der Waals surface area (Å²) in [7, 11) is 0. The fourth-order valence-electron chi connectivity index (χ4n) is 5.46. The number of phenolic OH excluding ortho intramolecular Hbond substituents is 2. The summed E-state index contributed by atoms with van der Waals surface area (Å²) in [6.45, 7) is 13.5. The number of hydrogen-bond acceptors (Lipinski definition) is 6. The minimum Gasteiger partial charge on any atom is -0.504 e. The van der Waals surface area contributed by atoms with E-state index in [-0.39, 0.29) is 34.4 Å². The first kappa shape index (κ1) is 29.7. The monoisotopic (exact) mass is 568 g/mol. The van der Waals surface area contributed by atoms with Crippen molar-refractivity contribution in [1.82, 2.24) is 0 Å². The zero-order valence-corrected chi connectivity index (χ0v) is 25.8. The Kier molecular flexibility index (Phi) is 8.36. The van der Waals surface area contributed by atoms with Crippen LogP contribution >= 0.6 is 0 Å². The molecule has 3 aromatic carbocycles. The van der Waals surface area contributed by atoms with E-state index in [0.717, 1.165) is 47.9 Å². The minimum atomic E-state index is -0.139. The van der Waals surface area contributed by atoms with Crippen molar-refractivity contribution >= 4 is 12.4 Å². The highest BCUT2D eigenvalue weighted by molar-refractivity contribution is 5.86. The van der Waals surface area contributed by atoms with Crippen LogP contribution in [-0.4, -0.2) is 34.7 Å². The fraction of sp³-hybridized carbons (Fsp3) is 0.444. The van der Waals surface area contributed by atoms with Gasteiger partial charge in [0.25, 0.3) is 0 Å². The first-order chi connectivity index (χ1) is 19.9. The maximum Gasteiger partial charge on any atom is 0.166 e. The molecule has 1 heterocycles. The van der Waals surface area contributed by atoms with Gasteiger partial charge in [0.15, 0.2) is 23.0 Å². The summed E-state index contributed by atoms with van der Waals surface area (Å²) < 4.78 is 12.4. The summed E-state index contributed by atoms with van der Waals surface area (Å²) in [4.78, 5) is 9.94. The van der Waals surface area contributed by atoms with Crippen LogP contribution in [0.4, 0.5) is 0 Å². The van der Waals surface area contributed by atoms with Gasteiger partial charge in [-0.3, -0.25) is 9.98 Å². The van der Waals surface area contributed by atoms with Crippen molar-refractivity contribution in [1.29, 1.82) is 0 Å². The molecule has 1 fully saturated rings. The molecule has 6 nitrogen and oxygen atoms in total. The number of fused-ring (bicyclic) bond motifs is 7. The summed E-state index contributed by atoms with van der Waals surface area (Å²) in [5, 5.41) is 22.5. The summed E-state index contributed by atoms with van der Waals surface area (Å²) in [6.07, 6.45) is 7.57. The van der Waals surface area contributed by atoms with Crippen LogP contribution in [-0.2, 0) is 24.0 Å². The molecule has 1 aliphatic heterocycles. The van der Waals surface area contributed by atoms with Gasteiger partial charge in [0.05, 0.1) is 12.1 Å². The Bertz CT molecular complexity index is 1380. The molecule has 2 aliphatic rings. The third-order valence-electron chi connectivity index (χ3n) is 8.23. The highest BCUT2D eigenvalue weighted by Crippen LogP contribution is 2.38. The molecule has 42 heavy (non-hydrogen) atoms. The molecule has 1 saturated carbocycles. The van der Waals surface area contributed by atoms with Crippen molar-refractivity contribution in [2.24, 2.45) is 9.98 Å². The molecule has 0 amide bonds. The third-order valence-corrected chi connectivity index (χ3v) is 8.23. The number of aliphatic imine (C=N–C) groups is 2. The maximum absolute atomic E-state index is 11.3. The van der Waals surface area contributed by atoms with Crippen LogP contribution in [0.1, 0.15) is 101 Å². The molecule has 5 rings (SSSR count). The first-order valence-electron chi connectivity index (χ1n) is 15.0. The van der Waals surface area contributed by atoms with Gasteiger partial charge in [-0.25, -0.2) is 0 Å². The maximum atomic E-state index is 11.3. The zero-order valence-electron chi connectivity index (χ0n) is 25.8. The second-order valence-electron chi connectivity index (χ2n) is 13.7. The van der Waals surface area contributed by atoms with Gasteiger partial charge >= 0.3 is 0 Å². The van der Waals surface area contributed by atoms with Gasteiger partial charge in [-0.2, -0.15) is 0 Å². The predicted molar refractivity (Wildman–Crippen MR) is 170 cm³/mol. The van der Waals surface area contributed by atoms with Crippen LogP contribution in [0.5, 0.6) is 23.0 Å². The molecule has 6 bridgehead atoms. The predicted octanol–water partition coefficient (Wildman–Crippen LogP) is 8.01. The normalized spacial score (nSPS) is 19.5. The number of nitrogens with zero attached hydrogens (tertiary/aromatic N) is 2. The minimum absolute atomic E-state index is 0.0238. The van der Waals surface area contributed by atoms with Crippen LogP contribution < -0.4 is 9.47 Å². The van der Waals surface area contributed by atoms with Gasteiger partial charge in [-0.05, 0) is 76.3 Å². The molecule has 3 aromatic rings. The number of ether oxygens (including phenoxy) is 2. The molecule has 0 unspecified atom stereocenters. The SMILES string of the molecule is CC(C)(C)c1cc2c(O)c(c1)OCc1cccc(c1)COc1cc(C(C)(C)C)cc(c1O)C=N[C@H]1CCCC[C@@H]1N=C2. The lowest BCUT2D eigenvalue weighted by Gasteiger charge is -2.26. The van der Waals surface area contributed by atoms with Crippen molar-refractivity contribution in [2.45, 2.75) is 103 Å². The Labute approximate surface area is 250 Å². The van der Waals surface area contributed by atoms with Gasteiger partial charge < -0.3 is 19.7 Å². The van der Waals surface area contributed by atoms with Gasteiger partial charge in [-0.1, -0.05) is 72.6 Å². The molecular weight excluding hydrogens is 524 g/mol. The molecular formula is C36H44N2O4. The van der Waals surface area contributed by atoms with Crippen LogP contribution in [0, 0.1) is 0 Å². The smallest absolute Gasteiger partial charge is 0.166 e. The Hall–Kier alpha value is -3.80. The van der Waals surface area contributed by atoms with E-state index < -0.39 is 0 Å². The molecule has 0 radical (unpaired) electrons. The first-order valence-corrected chi connectivity index (χ1v) is 15.0. The zero-order chi connectivity index (χ0) is 30.1. The largest absolute Gasteiger partial charge is 0.504 e. The Morgan fingerprint density at radius 3 is 1.48 bits per heavy atom. The Morgan fingerprint density at radius 2 is 1.07 bits per heavy atom. The van der Waals surface area contributed by atoms with E-state index in [0.29, 0.717) is 35.8 Å². The van der Waals surface area contributed by atoms with Crippen LogP contribution in [0.2, 0.25) is 0 Å². The summed E-state index contributed by atoms with van der Waals surface area (Å²) in [5.41, 5.74) is 5.04. The van der Waals surface area contributed by atoms with Gasteiger partial charge in [0.2, 0.25) is 0 Å². The van der Waals surface area contributed by atoms with Crippen molar-refractivity contribution in [3.05, 3.63) is 81.9 Å². The summed E-state index contributed by atoms with van der Waals surface area (Å²) in [6, 6.07) is 15.8. The van der Waals surface area contributed by atoms with E-state index in [1.54, 1.807) is 12.4 Å². The standard InChI is InChI=1S/C36H44N2O4/c1-35(2,3)27-15-25-19-37-29-12-7-8-13-30(29)38-20-26-16-28(36(4,5)6)18-32(34(26)40)42-22-24-11-9-10-23(14-24)21-41-31(17-27)33(25)39/h9-11,14-20,29-30,39-40H,7-8,12-13,21-22H2,1-6H3/t29-,30-/m0/s1. The van der Waals surface area contributed by atoms with Gasteiger partial charge in [0, 0.05) is 23.6 Å². The van der Waals surface area contributed by atoms with Crippen molar-refractivity contribution in [3.8, 4) is 23.0 Å². The number of aromatic hydroxyl groups is 2. The lowest BCUT2D eigenvalue weighted by molar-refractivity contribution is 0.282. The number of benzene rings is 3. The van der Waals surface area contributed by atoms with E-state index in [9.17, 15) is 10.2 Å². The Morgan fingerprint density at radius 1 is 0.643 bits per heavy atom. The summed E-state index contributed by atoms with van der Waals surface area (Å²) in [5.74, 6) is 1.07. The lowest BCUT2D eigenvalue weighted by Crippen LogP contribution is -2.27. The highest BCUT2D eigenvalue weighted by atomic mass is 16.5. The average Bonchev–Trinajstić information content (AvgIpc) is 2.93. The van der Waals surface area contributed by atoms with Crippen LogP contribution in [0.3, 0.4) is 0 Å². The highest BCUT2D eigenvalue weighted by Gasteiger charge is 2.25. The molecule has 0 saturated heterocycles. The van der Waals surface area contributed by atoms with Crippen LogP contribution in [0.25, 0.3) is 0 Å². The number of rotatable bonds is 0. The quantitative estimate of drug-likeness (QED) is 0.288. The molecule has 1 aliphatic carbocycles. The molecule has 2 N–H and O–H groups in total. The van der Waals surface area contributed by atoms with Crippen LogP contribution in [0.15, 0.2) is 58.5 Å². The topological polar surface area (TPSA) is 83.6 Å². The number of phenols is 2. The molecule has 6 heteroatoms. The van der Waals surface area contributed by atoms with E-state index >= 15 is 0 Å². The molecule has 0 aromatic heterocycles. The fourth-order valence-corrected chi connectivity index (χ4v) is 5.46. The van der Waals surface area contributed by atoms with Crippen molar-refractivity contribution < 1.29 is 19.7 Å². The van der Waals surface area contributed by atoms with E-state index in [1.165, 1.54) is 0 Å². The van der Waals surface area contributed by atoms with Gasteiger partial charge in [-0.15, -0.1) is 0 Å². The van der Waals surface area contributed by atoms with Crippen molar-refractivity contribution in [2.75, 3.05) is 0 Å². The van der Waals surface area contributed by atoms with Gasteiger partial charge in [0.1, 0.15) is 13.2 Å². The van der Waals surface area contributed by atoms with Crippen molar-refractivity contribution in [3.63, 3.8) is 0 Å². The average molecular weight is 569 g/mol. The number of hydrogen-bond donors (Lipinski definition) is 2. The third kappa shape index (κ3) is 6.80.